The molecule has 0 spiro atoms. The number of fused-ring (bicyclic) bond motifs is 1. The maximum atomic E-state index is 12.1. The molecule has 1 aliphatic carbocycles. The third-order valence-electron chi connectivity index (χ3n) is 4.27. The second-order valence-corrected chi connectivity index (χ2v) is 7.53. The van der Waals surface area contributed by atoms with Crippen LogP contribution in [0.15, 0.2) is 30.3 Å². The van der Waals surface area contributed by atoms with Crippen molar-refractivity contribution in [2.24, 2.45) is 0 Å². The predicted molar refractivity (Wildman–Crippen MR) is 110 cm³/mol. The number of carbonyl (C=O) groups is 3. The Kier molecular flexibility index (Phi) is 7.09. The molecule has 1 aliphatic rings. The number of nitrogens with zero attached hydrogens (tertiary/aromatic N) is 1. The number of hydrogen-bond donors (Lipinski definition) is 3. The molecule has 3 amide bonds. The van der Waals surface area contributed by atoms with Crippen molar-refractivity contribution >= 4 is 40.7 Å². The molecule has 1 heterocycles. The van der Waals surface area contributed by atoms with Crippen LogP contribution in [0.3, 0.4) is 0 Å². The lowest BCUT2D eigenvalue weighted by atomic mass is 9.95. The Bertz CT molecular complexity index is 924. The summed E-state index contributed by atoms with van der Waals surface area (Å²) in [6.07, 6.45) is 4.03. The van der Waals surface area contributed by atoms with Gasteiger partial charge in [0, 0.05) is 0 Å². The Morgan fingerprint density at radius 3 is 2.52 bits per heavy atom. The van der Waals surface area contributed by atoms with Crippen molar-refractivity contribution in [3.8, 4) is 0 Å². The Morgan fingerprint density at radius 2 is 1.76 bits per heavy atom. The lowest BCUT2D eigenvalue weighted by Crippen LogP contribution is -2.42. The number of nitrogens with one attached hydrogen (secondary N) is 3. The molecular formula is C20H22N4O4S. The van der Waals surface area contributed by atoms with Crippen molar-refractivity contribution < 1.29 is 19.2 Å². The van der Waals surface area contributed by atoms with Gasteiger partial charge in [-0.1, -0.05) is 30.3 Å². The normalized spacial score (nSPS) is 12.5. The first kappa shape index (κ1) is 20.7. The summed E-state index contributed by atoms with van der Waals surface area (Å²) in [6.45, 7) is -0.430. The summed E-state index contributed by atoms with van der Waals surface area (Å²) in [6, 6.07) is 10.2. The molecule has 2 aromatic rings. The predicted octanol–water partition coefficient (Wildman–Crippen LogP) is 1.08. The molecule has 0 unspecified atom stereocenters. The van der Waals surface area contributed by atoms with Crippen LogP contribution < -0.4 is 16.1 Å². The fraction of sp³-hybridized carbons (Fsp3) is 0.300. The van der Waals surface area contributed by atoms with Gasteiger partial charge in [0.05, 0.1) is 37.2 Å². The van der Waals surface area contributed by atoms with Crippen molar-refractivity contribution in [2.45, 2.75) is 19.3 Å². The van der Waals surface area contributed by atoms with Crippen LogP contribution >= 0.6 is 11.3 Å². The number of carbonyl (C=O) groups excluding carboxylic acids is 3. The van der Waals surface area contributed by atoms with Crippen molar-refractivity contribution in [3.05, 3.63) is 51.5 Å². The summed E-state index contributed by atoms with van der Waals surface area (Å²) in [5.74, 6) is -1.23. The highest BCUT2D eigenvalue weighted by Crippen LogP contribution is 2.33. The second-order valence-electron chi connectivity index (χ2n) is 6.41. The van der Waals surface area contributed by atoms with Crippen LogP contribution in [0.1, 0.15) is 27.6 Å². The molecule has 29 heavy (non-hydrogen) atoms. The van der Waals surface area contributed by atoms with Gasteiger partial charge < -0.3 is 10.6 Å². The first-order valence-electron chi connectivity index (χ1n) is 9.15. The first-order chi connectivity index (χ1) is 14.0. The quantitative estimate of drug-likeness (QED) is 0.560. The fourth-order valence-corrected chi connectivity index (χ4v) is 3.99. The molecule has 0 saturated carbocycles. The second kappa shape index (κ2) is 9.94. The molecule has 0 aliphatic heterocycles. The molecular weight excluding hydrogens is 392 g/mol. The largest absolute Gasteiger partial charge is 0.347 e. The summed E-state index contributed by atoms with van der Waals surface area (Å²) >= 11 is 1.50. The monoisotopic (exact) mass is 414 g/mol. The number of rotatable bonds is 8. The van der Waals surface area contributed by atoms with Gasteiger partial charge in [-0.05, 0) is 30.1 Å². The van der Waals surface area contributed by atoms with E-state index in [9.17, 15) is 14.4 Å². The van der Waals surface area contributed by atoms with Crippen LogP contribution in [0.4, 0.5) is 0 Å². The van der Waals surface area contributed by atoms with Gasteiger partial charge in [-0.2, -0.15) is 0 Å². The van der Waals surface area contributed by atoms with Crippen LogP contribution in [-0.4, -0.2) is 42.9 Å². The SMILES string of the molecule is CONC(=O)CNC(=O)CNC(=O)Cc1nc2c(s1)C=C(c1ccccc1)CC2. The number of benzene rings is 1. The zero-order chi connectivity index (χ0) is 20.6. The highest BCUT2D eigenvalue weighted by molar-refractivity contribution is 7.12. The number of aromatic nitrogens is 1. The van der Waals surface area contributed by atoms with Gasteiger partial charge in [-0.25, -0.2) is 10.5 Å². The van der Waals surface area contributed by atoms with E-state index in [2.05, 4.69) is 44.1 Å². The topological polar surface area (TPSA) is 109 Å². The Hall–Kier alpha value is -3.04. The molecule has 0 bridgehead atoms. The summed E-state index contributed by atoms with van der Waals surface area (Å²) < 4.78 is 0. The zero-order valence-corrected chi connectivity index (χ0v) is 16.8. The van der Waals surface area contributed by atoms with Crippen LogP contribution in [0.25, 0.3) is 11.6 Å². The molecule has 152 valence electrons. The first-order valence-corrected chi connectivity index (χ1v) is 9.96. The van der Waals surface area contributed by atoms with E-state index in [1.165, 1.54) is 29.6 Å². The van der Waals surface area contributed by atoms with Gasteiger partial charge >= 0.3 is 0 Å². The maximum absolute atomic E-state index is 12.1. The van der Waals surface area contributed by atoms with E-state index in [1.54, 1.807) is 0 Å². The summed E-state index contributed by atoms with van der Waals surface area (Å²) in [4.78, 5) is 45.1. The molecule has 8 nitrogen and oxygen atoms in total. The molecule has 9 heteroatoms. The van der Waals surface area contributed by atoms with E-state index in [4.69, 9.17) is 0 Å². The standard InChI is InChI=1S/C20H22N4O4S/c1-28-24-19(27)12-22-18(26)11-21-17(25)10-20-23-15-8-7-14(9-16(15)29-20)13-5-3-2-4-6-13/h2-6,9H,7-8,10-12H2,1H3,(H,21,25)(H,22,26)(H,24,27). The number of aryl methyl sites for hydroxylation is 1. The molecule has 1 aromatic heterocycles. The minimum absolute atomic E-state index is 0.115. The smallest absolute Gasteiger partial charge is 0.262 e. The number of allylic oxidation sites excluding steroid dienone is 1. The molecule has 0 atom stereocenters. The third kappa shape index (κ3) is 5.97. The minimum Gasteiger partial charge on any atom is -0.347 e. The minimum atomic E-state index is -0.483. The number of thiazole rings is 1. The van der Waals surface area contributed by atoms with Crippen molar-refractivity contribution in [1.29, 1.82) is 0 Å². The third-order valence-corrected chi connectivity index (χ3v) is 5.32. The van der Waals surface area contributed by atoms with E-state index in [0.29, 0.717) is 0 Å². The molecule has 1 aromatic carbocycles. The van der Waals surface area contributed by atoms with Crippen molar-refractivity contribution in [1.82, 2.24) is 21.1 Å². The van der Waals surface area contributed by atoms with Crippen molar-refractivity contribution in [3.63, 3.8) is 0 Å². The summed E-state index contributed by atoms with van der Waals surface area (Å²) in [5.41, 5.74) is 5.57. The lowest BCUT2D eigenvalue weighted by Gasteiger charge is -2.12. The van der Waals surface area contributed by atoms with Crippen LogP contribution in [0.5, 0.6) is 0 Å². The lowest BCUT2D eigenvalue weighted by molar-refractivity contribution is -0.132. The van der Waals surface area contributed by atoms with Crippen LogP contribution in [0, 0.1) is 0 Å². The molecule has 3 N–H and O–H groups in total. The van der Waals surface area contributed by atoms with Gasteiger partial charge in [0.25, 0.3) is 5.91 Å². The van der Waals surface area contributed by atoms with Crippen molar-refractivity contribution in [2.75, 3.05) is 20.2 Å². The van der Waals surface area contributed by atoms with Gasteiger partial charge in [0.2, 0.25) is 11.8 Å². The Labute approximate surface area is 172 Å². The zero-order valence-electron chi connectivity index (χ0n) is 16.0. The van der Waals surface area contributed by atoms with Crippen LogP contribution in [-0.2, 0) is 32.1 Å². The average Bonchev–Trinajstić information content (AvgIpc) is 3.13. The summed E-state index contributed by atoms with van der Waals surface area (Å²) in [5, 5.41) is 5.64. The molecule has 3 rings (SSSR count). The Balaban J connectivity index is 1.50. The van der Waals surface area contributed by atoms with Gasteiger partial charge in [-0.15, -0.1) is 11.3 Å². The van der Waals surface area contributed by atoms with E-state index < -0.39 is 11.8 Å². The van der Waals surface area contributed by atoms with Gasteiger partial charge in [0.15, 0.2) is 0 Å². The highest BCUT2D eigenvalue weighted by atomic mass is 32.1. The molecule has 0 fully saturated rings. The summed E-state index contributed by atoms with van der Waals surface area (Å²) in [7, 11) is 1.30. The van der Waals surface area contributed by atoms with E-state index in [1.807, 2.05) is 18.2 Å². The van der Waals surface area contributed by atoms with E-state index in [0.717, 1.165) is 28.4 Å². The molecule has 0 radical (unpaired) electrons. The fourth-order valence-electron chi connectivity index (χ4n) is 2.92. The Morgan fingerprint density at radius 1 is 1.03 bits per heavy atom. The number of amides is 3. The van der Waals surface area contributed by atoms with Gasteiger partial charge in [0.1, 0.15) is 5.01 Å². The number of hydrogen-bond acceptors (Lipinski definition) is 6. The average molecular weight is 414 g/mol. The van der Waals surface area contributed by atoms with Crippen LogP contribution in [0.2, 0.25) is 0 Å². The molecule has 0 saturated heterocycles. The van der Waals surface area contributed by atoms with Gasteiger partial charge in [-0.3, -0.25) is 19.2 Å². The maximum Gasteiger partial charge on any atom is 0.262 e. The van der Waals surface area contributed by atoms with E-state index in [-0.39, 0.29) is 25.4 Å². The highest BCUT2D eigenvalue weighted by Gasteiger charge is 2.18. The number of hydroxylamine groups is 1. The van der Waals surface area contributed by atoms with E-state index >= 15 is 0 Å².